The molecule has 1 aromatic rings. The number of nitrogens with one attached hydrogen (secondary N) is 2. The van der Waals surface area contributed by atoms with Crippen LogP contribution in [0.3, 0.4) is 0 Å². The van der Waals surface area contributed by atoms with Crippen molar-refractivity contribution in [1.29, 1.82) is 0 Å². The van der Waals surface area contributed by atoms with Gasteiger partial charge in [0.05, 0.1) is 18.3 Å². The molecule has 0 bridgehead atoms. The van der Waals surface area contributed by atoms with Gasteiger partial charge in [0.1, 0.15) is 5.69 Å². The third-order valence-corrected chi connectivity index (χ3v) is 12.0. The third kappa shape index (κ3) is 10.3. The Morgan fingerprint density at radius 2 is 1.66 bits per heavy atom. The topological polar surface area (TPSA) is 173 Å². The molecular weight excluding hydrogens is 674 g/mol. The Morgan fingerprint density at radius 3 is 2.32 bits per heavy atom. The smallest absolute Gasteiger partial charge is 0.287 e. The summed E-state index contributed by atoms with van der Waals surface area (Å²) in [4.78, 5) is 105. The molecule has 288 valence electrons. The summed E-state index contributed by atoms with van der Waals surface area (Å²) < 4.78 is 0. The second-order valence-corrected chi connectivity index (χ2v) is 15.8. The molecule has 2 heterocycles. The molecule has 12 heteroatoms. The molecule has 1 aromatic heterocycles. The predicted octanol–water partition coefficient (Wildman–Crippen LogP) is 4.90. The maximum Gasteiger partial charge on any atom is 0.287 e. The van der Waals surface area contributed by atoms with Crippen molar-refractivity contribution < 1.29 is 33.6 Å². The van der Waals surface area contributed by atoms with E-state index in [4.69, 9.17) is 0 Å². The quantitative estimate of drug-likeness (QED) is 0.148. The van der Waals surface area contributed by atoms with E-state index in [0.29, 0.717) is 25.0 Å². The number of amides is 3. The van der Waals surface area contributed by atoms with Gasteiger partial charge in [-0.2, -0.15) is 0 Å². The van der Waals surface area contributed by atoms with Crippen LogP contribution in [0.1, 0.15) is 134 Å². The first-order chi connectivity index (χ1) is 25.5. The van der Waals surface area contributed by atoms with Crippen LogP contribution in [0.25, 0.3) is 0 Å². The fourth-order valence-corrected chi connectivity index (χ4v) is 8.79. The number of allylic oxidation sites excluding steroid dienone is 2. The van der Waals surface area contributed by atoms with Crippen LogP contribution in [0.15, 0.2) is 30.2 Å². The van der Waals surface area contributed by atoms with Crippen molar-refractivity contribution >= 4 is 40.9 Å². The van der Waals surface area contributed by atoms with Gasteiger partial charge in [0.25, 0.3) is 11.8 Å². The zero-order chi connectivity index (χ0) is 38.1. The van der Waals surface area contributed by atoms with Gasteiger partial charge in [0.15, 0.2) is 17.3 Å². The fraction of sp³-hybridized carbons (Fsp3) is 0.683. The Labute approximate surface area is 313 Å². The van der Waals surface area contributed by atoms with Crippen molar-refractivity contribution in [2.45, 2.75) is 142 Å². The minimum Gasteiger partial charge on any atom is -0.347 e. The lowest BCUT2D eigenvalue weighted by atomic mass is 9.79. The van der Waals surface area contributed by atoms with Gasteiger partial charge >= 0.3 is 0 Å². The molecule has 3 amide bonds. The van der Waals surface area contributed by atoms with Crippen molar-refractivity contribution in [1.82, 2.24) is 25.5 Å². The van der Waals surface area contributed by atoms with Gasteiger partial charge in [-0.25, -0.2) is 4.98 Å². The van der Waals surface area contributed by atoms with Crippen LogP contribution < -0.4 is 10.6 Å². The molecule has 53 heavy (non-hydrogen) atoms. The summed E-state index contributed by atoms with van der Waals surface area (Å²) in [7, 11) is 0. The number of Topliss-reactive ketones (excluding diaryl/α,β-unsaturated/α-hetero) is 4. The molecule has 0 unspecified atom stereocenters. The van der Waals surface area contributed by atoms with Crippen molar-refractivity contribution in [2.24, 2.45) is 29.6 Å². The second-order valence-electron chi connectivity index (χ2n) is 15.8. The van der Waals surface area contributed by atoms with Crippen molar-refractivity contribution in [3.8, 4) is 0 Å². The predicted molar refractivity (Wildman–Crippen MR) is 197 cm³/mol. The molecule has 4 fully saturated rings. The lowest BCUT2D eigenvalue weighted by molar-refractivity contribution is -0.145. The van der Waals surface area contributed by atoms with Crippen LogP contribution in [0.2, 0.25) is 0 Å². The largest absolute Gasteiger partial charge is 0.347 e. The Morgan fingerprint density at radius 1 is 0.906 bits per heavy atom. The van der Waals surface area contributed by atoms with E-state index in [1.54, 1.807) is 24.8 Å². The van der Waals surface area contributed by atoms with Gasteiger partial charge < -0.3 is 15.5 Å². The standard InChI is InChI=1S/C41H57N5O7/c1-4-10-27(38(50)40(52)44-30-16-17-30)21-35(49)37-31-14-9-13-29(31)24-46(37)41(53)28(15-18-33(47)25(3)5-2)22-34(48)36(26-11-7-6-8-12-26)45-39(51)32-23-42-19-20-43-32/h5,19-20,23,26-31,36-37H,4,6-18,21-22,24H2,1-3H3,(H,44,52)(H,45,51)/b25-5+/t27-,28-,29+,31+,36+,37+/m1/s1. The summed E-state index contributed by atoms with van der Waals surface area (Å²) in [5.41, 5.74) is 0.663. The van der Waals surface area contributed by atoms with E-state index in [0.717, 1.165) is 64.2 Å². The highest BCUT2D eigenvalue weighted by Gasteiger charge is 2.51. The van der Waals surface area contributed by atoms with Crippen molar-refractivity contribution in [2.75, 3.05) is 6.54 Å². The summed E-state index contributed by atoms with van der Waals surface area (Å²) in [6, 6.07) is -1.58. The van der Waals surface area contributed by atoms with Crippen molar-refractivity contribution in [3.63, 3.8) is 0 Å². The van der Waals surface area contributed by atoms with Crippen LogP contribution >= 0.6 is 0 Å². The molecule has 0 radical (unpaired) electrons. The number of rotatable bonds is 19. The molecular formula is C41H57N5O7. The van der Waals surface area contributed by atoms with Crippen LogP contribution in [0.5, 0.6) is 0 Å². The zero-order valence-corrected chi connectivity index (χ0v) is 31.6. The molecule has 4 aliphatic rings. The third-order valence-electron chi connectivity index (χ3n) is 12.0. The number of hydrogen-bond donors (Lipinski definition) is 2. The fourth-order valence-electron chi connectivity index (χ4n) is 8.79. The van der Waals surface area contributed by atoms with Crippen LogP contribution in [0.4, 0.5) is 0 Å². The molecule has 12 nitrogen and oxygen atoms in total. The van der Waals surface area contributed by atoms with E-state index in [1.807, 2.05) is 6.92 Å². The van der Waals surface area contributed by atoms with E-state index in [1.165, 1.54) is 18.6 Å². The van der Waals surface area contributed by atoms with Crippen LogP contribution in [-0.4, -0.2) is 80.4 Å². The van der Waals surface area contributed by atoms with E-state index in [2.05, 4.69) is 20.6 Å². The summed E-state index contributed by atoms with van der Waals surface area (Å²) in [6.45, 7) is 5.78. The molecule has 3 aliphatic carbocycles. The number of likely N-dealkylation sites (tertiary alicyclic amines) is 1. The van der Waals surface area contributed by atoms with Gasteiger partial charge in [-0.1, -0.05) is 45.1 Å². The number of nitrogens with zero attached hydrogens (tertiary/aromatic N) is 3. The van der Waals surface area contributed by atoms with E-state index < -0.39 is 41.5 Å². The molecule has 1 aliphatic heterocycles. The van der Waals surface area contributed by atoms with Crippen LogP contribution in [-0.2, 0) is 28.8 Å². The molecule has 3 saturated carbocycles. The van der Waals surface area contributed by atoms with Gasteiger partial charge in [0, 0.05) is 56.1 Å². The van der Waals surface area contributed by atoms with Gasteiger partial charge in [0.2, 0.25) is 11.7 Å². The number of aromatic nitrogens is 2. The maximum absolute atomic E-state index is 14.8. The summed E-state index contributed by atoms with van der Waals surface area (Å²) in [5.74, 6) is -4.39. The average molecular weight is 732 g/mol. The molecule has 0 aromatic carbocycles. The highest BCUT2D eigenvalue weighted by Crippen LogP contribution is 2.44. The zero-order valence-electron chi connectivity index (χ0n) is 31.6. The van der Waals surface area contributed by atoms with Crippen LogP contribution in [0, 0.1) is 29.6 Å². The number of carbonyl (C=O) groups is 7. The number of carbonyl (C=O) groups excluding carboxylic acids is 7. The highest BCUT2D eigenvalue weighted by atomic mass is 16.2. The van der Waals surface area contributed by atoms with Gasteiger partial charge in [-0.05, 0) is 88.5 Å². The summed E-state index contributed by atoms with van der Waals surface area (Å²) >= 11 is 0. The molecule has 5 rings (SSSR count). The monoisotopic (exact) mass is 731 g/mol. The Hall–Kier alpha value is -4.09. The molecule has 1 saturated heterocycles. The van der Waals surface area contributed by atoms with Gasteiger partial charge in [-0.3, -0.25) is 38.5 Å². The Balaban J connectivity index is 1.39. The number of fused-ring (bicyclic) bond motifs is 1. The van der Waals surface area contributed by atoms with Gasteiger partial charge in [-0.15, -0.1) is 0 Å². The SMILES string of the molecule is C/C=C(\C)C(=O)CC[C@H](CC(=O)[C@@H](NC(=O)c1cnccn1)C1CCCCC1)C(=O)N1C[C@@H]2CCC[C@@H]2[C@H]1C(=O)C[C@@H](CCC)C(=O)C(=O)NC1CC1. The minimum absolute atomic E-state index is 0.0211. The lowest BCUT2D eigenvalue weighted by Crippen LogP contribution is -2.50. The molecule has 2 N–H and O–H groups in total. The van der Waals surface area contributed by atoms with Crippen molar-refractivity contribution in [3.05, 3.63) is 35.9 Å². The van der Waals surface area contributed by atoms with E-state index in [9.17, 15) is 33.6 Å². The Bertz CT molecular complexity index is 1550. The lowest BCUT2D eigenvalue weighted by Gasteiger charge is -2.33. The molecule has 0 spiro atoms. The number of ketones is 4. The Kier molecular flexibility index (Phi) is 14.2. The first-order valence-electron chi connectivity index (χ1n) is 20.0. The maximum atomic E-state index is 14.8. The molecule has 6 atom stereocenters. The van der Waals surface area contributed by atoms with E-state index >= 15 is 0 Å². The highest BCUT2D eigenvalue weighted by molar-refractivity contribution is 6.37. The minimum atomic E-state index is -0.887. The normalized spacial score (nSPS) is 23.4. The number of hydrogen-bond acceptors (Lipinski definition) is 9. The second kappa shape index (κ2) is 18.8. The van der Waals surface area contributed by atoms with E-state index in [-0.39, 0.29) is 78.4 Å². The summed E-state index contributed by atoms with van der Waals surface area (Å²) in [6.07, 6.45) is 15.5. The first kappa shape index (κ1) is 40.1. The summed E-state index contributed by atoms with van der Waals surface area (Å²) in [5, 5.41) is 5.69. The average Bonchev–Trinajstić information content (AvgIpc) is 3.74. The first-order valence-corrected chi connectivity index (χ1v) is 20.0.